The standard InChI is InChI=1S/C14H18N2O2S/c1-18-13(17)8-4-5-10-9-19-14-15-11-6-2-3-7-12(11)16(10)14/h9H,2-8H2,1H3. The molecule has 0 N–H and O–H groups in total. The predicted molar refractivity (Wildman–Crippen MR) is 74.7 cm³/mol. The Morgan fingerprint density at radius 3 is 3.16 bits per heavy atom. The smallest absolute Gasteiger partial charge is 0.305 e. The van der Waals surface area contributed by atoms with E-state index in [2.05, 4.69) is 14.5 Å². The number of hydrogen-bond acceptors (Lipinski definition) is 4. The molecule has 0 bridgehead atoms. The highest BCUT2D eigenvalue weighted by Gasteiger charge is 2.19. The van der Waals surface area contributed by atoms with Crippen molar-refractivity contribution in [3.05, 3.63) is 22.5 Å². The molecule has 0 unspecified atom stereocenters. The summed E-state index contributed by atoms with van der Waals surface area (Å²) in [5.41, 5.74) is 3.97. The fourth-order valence-electron chi connectivity index (χ4n) is 2.75. The van der Waals surface area contributed by atoms with E-state index in [1.807, 2.05) is 0 Å². The zero-order chi connectivity index (χ0) is 13.2. The minimum atomic E-state index is -0.126. The van der Waals surface area contributed by atoms with Crippen LogP contribution in [0, 0.1) is 0 Å². The van der Waals surface area contributed by atoms with Gasteiger partial charge in [0, 0.05) is 23.2 Å². The predicted octanol–water partition coefficient (Wildman–Crippen LogP) is 2.77. The zero-order valence-electron chi connectivity index (χ0n) is 11.1. The molecule has 0 aliphatic heterocycles. The minimum absolute atomic E-state index is 0.126. The van der Waals surface area contributed by atoms with Crippen LogP contribution in [0.5, 0.6) is 0 Å². The van der Waals surface area contributed by atoms with Crippen molar-refractivity contribution in [2.24, 2.45) is 0 Å². The monoisotopic (exact) mass is 278 g/mol. The van der Waals surface area contributed by atoms with Crippen molar-refractivity contribution in [1.29, 1.82) is 0 Å². The molecule has 4 nitrogen and oxygen atoms in total. The van der Waals surface area contributed by atoms with Crippen LogP contribution in [0.3, 0.4) is 0 Å². The summed E-state index contributed by atoms with van der Waals surface area (Å²) in [4.78, 5) is 17.0. The van der Waals surface area contributed by atoms with E-state index in [0.717, 1.165) is 30.6 Å². The molecule has 102 valence electrons. The van der Waals surface area contributed by atoms with E-state index in [4.69, 9.17) is 4.98 Å². The Balaban J connectivity index is 1.80. The summed E-state index contributed by atoms with van der Waals surface area (Å²) < 4.78 is 6.99. The van der Waals surface area contributed by atoms with Crippen molar-refractivity contribution in [1.82, 2.24) is 9.38 Å². The maximum absolute atomic E-state index is 11.1. The lowest BCUT2D eigenvalue weighted by atomic mass is 10.0. The molecule has 3 rings (SSSR count). The molecule has 2 aromatic heterocycles. The Bertz CT molecular complexity index is 600. The number of hydrogen-bond donors (Lipinski definition) is 0. The highest BCUT2D eigenvalue weighted by atomic mass is 32.1. The largest absolute Gasteiger partial charge is 0.469 e. The van der Waals surface area contributed by atoms with Crippen LogP contribution in [-0.2, 0) is 28.8 Å². The first-order valence-electron chi connectivity index (χ1n) is 6.83. The number of fused-ring (bicyclic) bond motifs is 3. The first-order chi connectivity index (χ1) is 9.29. The number of rotatable bonds is 4. The maximum Gasteiger partial charge on any atom is 0.305 e. The third-order valence-corrected chi connectivity index (χ3v) is 4.61. The van der Waals surface area contributed by atoms with Crippen LogP contribution >= 0.6 is 11.3 Å². The SMILES string of the molecule is COC(=O)CCCc1csc2nc3c(n12)CCCC3. The Morgan fingerprint density at radius 1 is 1.47 bits per heavy atom. The number of imidazole rings is 1. The van der Waals surface area contributed by atoms with Gasteiger partial charge in [-0.1, -0.05) is 0 Å². The van der Waals surface area contributed by atoms with Crippen LogP contribution in [0.1, 0.15) is 42.8 Å². The molecule has 0 fully saturated rings. The fraction of sp³-hybridized carbons (Fsp3) is 0.571. The van der Waals surface area contributed by atoms with E-state index in [1.54, 1.807) is 11.3 Å². The maximum atomic E-state index is 11.1. The minimum Gasteiger partial charge on any atom is -0.469 e. The number of nitrogens with zero attached hydrogens (tertiary/aromatic N) is 2. The summed E-state index contributed by atoms with van der Waals surface area (Å²) in [6.45, 7) is 0. The van der Waals surface area contributed by atoms with Gasteiger partial charge < -0.3 is 4.74 Å². The molecule has 2 heterocycles. The molecule has 0 spiro atoms. The highest BCUT2D eigenvalue weighted by molar-refractivity contribution is 7.15. The molecule has 19 heavy (non-hydrogen) atoms. The van der Waals surface area contributed by atoms with Gasteiger partial charge >= 0.3 is 5.97 Å². The molecule has 5 heteroatoms. The molecule has 0 atom stereocenters. The van der Waals surface area contributed by atoms with Crippen molar-refractivity contribution in [3.63, 3.8) is 0 Å². The van der Waals surface area contributed by atoms with Crippen molar-refractivity contribution in [2.45, 2.75) is 44.9 Å². The van der Waals surface area contributed by atoms with Crippen LogP contribution < -0.4 is 0 Å². The third-order valence-electron chi connectivity index (χ3n) is 3.73. The van der Waals surface area contributed by atoms with Gasteiger partial charge in [0.15, 0.2) is 4.96 Å². The number of thiazole rings is 1. The summed E-state index contributed by atoms with van der Waals surface area (Å²) in [6, 6.07) is 0. The Kier molecular flexibility index (Phi) is 3.55. The van der Waals surface area contributed by atoms with E-state index in [0.29, 0.717) is 6.42 Å². The molecule has 2 aromatic rings. The van der Waals surface area contributed by atoms with Crippen molar-refractivity contribution in [2.75, 3.05) is 7.11 Å². The second-order valence-corrected chi connectivity index (χ2v) is 5.82. The van der Waals surface area contributed by atoms with Gasteiger partial charge in [0.1, 0.15) is 0 Å². The molecule has 0 radical (unpaired) electrons. The first-order valence-corrected chi connectivity index (χ1v) is 7.71. The normalized spacial score (nSPS) is 14.6. The lowest BCUT2D eigenvalue weighted by Gasteiger charge is -2.11. The molecule has 0 saturated carbocycles. The summed E-state index contributed by atoms with van der Waals surface area (Å²) in [6.07, 6.45) is 7.02. The van der Waals surface area contributed by atoms with E-state index in [-0.39, 0.29) is 5.97 Å². The average molecular weight is 278 g/mol. The number of carbonyl (C=O) groups is 1. The zero-order valence-corrected chi connectivity index (χ0v) is 12.0. The average Bonchev–Trinajstić information content (AvgIpc) is 2.98. The number of esters is 1. The number of ether oxygens (including phenoxy) is 1. The molecular weight excluding hydrogens is 260 g/mol. The lowest BCUT2D eigenvalue weighted by molar-refractivity contribution is -0.140. The second kappa shape index (κ2) is 5.33. The Hall–Kier alpha value is -1.36. The summed E-state index contributed by atoms with van der Waals surface area (Å²) >= 11 is 1.71. The number of aryl methyl sites for hydroxylation is 3. The number of aromatic nitrogens is 2. The number of carbonyl (C=O) groups excluding carboxylic acids is 1. The van der Waals surface area contributed by atoms with Gasteiger partial charge in [-0.15, -0.1) is 11.3 Å². The fourth-order valence-corrected chi connectivity index (χ4v) is 3.71. The van der Waals surface area contributed by atoms with E-state index < -0.39 is 0 Å². The van der Waals surface area contributed by atoms with Crippen LogP contribution in [0.4, 0.5) is 0 Å². The summed E-state index contributed by atoms with van der Waals surface area (Å²) in [5.74, 6) is -0.126. The molecular formula is C14H18N2O2S. The van der Waals surface area contributed by atoms with Crippen molar-refractivity contribution >= 4 is 22.3 Å². The Morgan fingerprint density at radius 2 is 2.32 bits per heavy atom. The van der Waals surface area contributed by atoms with Gasteiger partial charge in [-0.25, -0.2) is 4.98 Å². The quantitative estimate of drug-likeness (QED) is 0.808. The third kappa shape index (κ3) is 2.39. The van der Waals surface area contributed by atoms with Crippen LogP contribution in [0.15, 0.2) is 5.38 Å². The van der Waals surface area contributed by atoms with E-state index in [9.17, 15) is 4.79 Å². The highest BCUT2D eigenvalue weighted by Crippen LogP contribution is 2.27. The van der Waals surface area contributed by atoms with E-state index in [1.165, 1.54) is 37.0 Å². The molecule has 1 aliphatic carbocycles. The lowest BCUT2D eigenvalue weighted by Crippen LogP contribution is -2.06. The number of methoxy groups -OCH3 is 1. The summed E-state index contributed by atoms with van der Waals surface area (Å²) in [7, 11) is 1.44. The van der Waals surface area contributed by atoms with Crippen molar-refractivity contribution < 1.29 is 9.53 Å². The molecule has 1 aliphatic rings. The first kappa shape index (κ1) is 12.7. The Labute approximate surface area is 116 Å². The molecule has 0 saturated heterocycles. The van der Waals surface area contributed by atoms with Crippen LogP contribution in [0.2, 0.25) is 0 Å². The van der Waals surface area contributed by atoms with Gasteiger partial charge in [0.2, 0.25) is 0 Å². The van der Waals surface area contributed by atoms with Crippen LogP contribution in [0.25, 0.3) is 4.96 Å². The second-order valence-electron chi connectivity index (χ2n) is 4.99. The topological polar surface area (TPSA) is 43.6 Å². The molecule has 0 aromatic carbocycles. The van der Waals surface area contributed by atoms with E-state index >= 15 is 0 Å². The van der Waals surface area contributed by atoms with Gasteiger partial charge in [-0.2, -0.15) is 0 Å². The van der Waals surface area contributed by atoms with Gasteiger partial charge in [-0.05, 0) is 38.5 Å². The van der Waals surface area contributed by atoms with Gasteiger partial charge in [-0.3, -0.25) is 9.20 Å². The van der Waals surface area contributed by atoms with Crippen molar-refractivity contribution in [3.8, 4) is 0 Å². The summed E-state index contributed by atoms with van der Waals surface area (Å²) in [5, 5.41) is 2.18. The van der Waals surface area contributed by atoms with Gasteiger partial charge in [0.05, 0.1) is 12.8 Å². The molecule has 0 amide bonds. The van der Waals surface area contributed by atoms with Crippen LogP contribution in [-0.4, -0.2) is 22.5 Å². The van der Waals surface area contributed by atoms with Gasteiger partial charge in [0.25, 0.3) is 0 Å².